The molecule has 0 radical (unpaired) electrons. The van der Waals surface area contributed by atoms with Gasteiger partial charge in [-0.1, -0.05) is 18.2 Å². The van der Waals surface area contributed by atoms with Crippen molar-refractivity contribution in [2.24, 2.45) is 0 Å². The lowest BCUT2D eigenvalue weighted by Gasteiger charge is -2.29. The van der Waals surface area contributed by atoms with Gasteiger partial charge in [0, 0.05) is 50.7 Å². The Morgan fingerprint density at radius 3 is 2.41 bits per heavy atom. The number of phenolic OH excluding ortho intramolecular Hbond substituents is 1. The lowest BCUT2D eigenvalue weighted by molar-refractivity contribution is -0.134. The van der Waals surface area contributed by atoms with Crippen LogP contribution in [0, 0.1) is 0 Å². The topological polar surface area (TPSA) is 114 Å². The van der Waals surface area contributed by atoms with Crippen LogP contribution in [0.4, 0.5) is 0 Å². The molecule has 37 heavy (non-hydrogen) atoms. The molecule has 0 saturated carbocycles. The van der Waals surface area contributed by atoms with Gasteiger partial charge in [-0.05, 0) is 67.6 Å². The van der Waals surface area contributed by atoms with Crippen molar-refractivity contribution in [1.29, 1.82) is 0 Å². The second kappa shape index (κ2) is 11.5. The summed E-state index contributed by atoms with van der Waals surface area (Å²) in [6, 6.07) is 12.5. The number of ether oxygens (including phenoxy) is 1. The SMILES string of the molecule is O=C1C[C@@H]2NCCCN(O)CCCCN(CCCN1)C(=O)[C@H]1c3cc2ccc3O[C@@H]1c1ccc(O)cc1. The highest BCUT2D eigenvalue weighted by Crippen LogP contribution is 2.48. The van der Waals surface area contributed by atoms with E-state index in [0.717, 1.165) is 36.0 Å². The first-order valence-electron chi connectivity index (χ1n) is 13.3. The lowest BCUT2D eigenvalue weighted by atomic mass is 9.87. The van der Waals surface area contributed by atoms with Gasteiger partial charge < -0.3 is 30.6 Å². The number of carbonyl (C=O) groups excluding carboxylic acids is 2. The molecule has 2 aromatic rings. The molecule has 0 spiro atoms. The maximum atomic E-state index is 14.2. The molecule has 9 heteroatoms. The van der Waals surface area contributed by atoms with E-state index in [1.54, 1.807) is 24.3 Å². The number of hydroxylamine groups is 2. The van der Waals surface area contributed by atoms with Crippen LogP contribution in [0.15, 0.2) is 42.5 Å². The molecule has 3 atom stereocenters. The number of amides is 2. The summed E-state index contributed by atoms with van der Waals surface area (Å²) >= 11 is 0. The van der Waals surface area contributed by atoms with Gasteiger partial charge in [-0.15, -0.1) is 0 Å². The second-order valence-electron chi connectivity index (χ2n) is 10.2. The van der Waals surface area contributed by atoms with Crippen LogP contribution >= 0.6 is 0 Å². The Morgan fingerprint density at radius 1 is 0.865 bits per heavy atom. The third-order valence-corrected chi connectivity index (χ3v) is 7.52. The number of carbonyl (C=O) groups is 2. The van der Waals surface area contributed by atoms with Crippen LogP contribution in [-0.4, -0.2) is 71.4 Å². The summed E-state index contributed by atoms with van der Waals surface area (Å²) in [6.07, 6.45) is 2.72. The van der Waals surface area contributed by atoms with Gasteiger partial charge in [-0.2, -0.15) is 5.06 Å². The van der Waals surface area contributed by atoms with E-state index in [0.29, 0.717) is 51.4 Å². The minimum absolute atomic E-state index is 0.00277. The van der Waals surface area contributed by atoms with Gasteiger partial charge in [0.15, 0.2) is 0 Å². The molecule has 0 aliphatic carbocycles. The van der Waals surface area contributed by atoms with Gasteiger partial charge in [0.25, 0.3) is 0 Å². The Bertz CT molecular complexity index is 1110. The molecular weight excluding hydrogens is 472 g/mol. The van der Waals surface area contributed by atoms with Gasteiger partial charge in [-0.25, -0.2) is 0 Å². The van der Waals surface area contributed by atoms with E-state index >= 15 is 0 Å². The maximum Gasteiger partial charge on any atom is 0.234 e. The number of nitrogens with zero attached hydrogens (tertiary/aromatic N) is 2. The summed E-state index contributed by atoms with van der Waals surface area (Å²) in [5.74, 6) is 0.270. The highest BCUT2D eigenvalue weighted by molar-refractivity contribution is 5.87. The average molecular weight is 509 g/mol. The second-order valence-corrected chi connectivity index (χ2v) is 10.2. The fourth-order valence-corrected chi connectivity index (χ4v) is 5.53. The maximum absolute atomic E-state index is 14.2. The normalized spacial score (nSPS) is 26.0. The summed E-state index contributed by atoms with van der Waals surface area (Å²) in [5.41, 5.74) is 2.60. The van der Waals surface area contributed by atoms with Crippen LogP contribution in [0.1, 0.15) is 66.9 Å². The van der Waals surface area contributed by atoms with Crippen LogP contribution < -0.4 is 15.4 Å². The summed E-state index contributed by atoms with van der Waals surface area (Å²) in [5, 5.41) is 28.0. The monoisotopic (exact) mass is 508 g/mol. The quantitative estimate of drug-likeness (QED) is 0.468. The highest BCUT2D eigenvalue weighted by atomic mass is 16.5. The Hall–Kier alpha value is -3.14. The van der Waals surface area contributed by atoms with E-state index in [1.807, 2.05) is 23.1 Å². The third kappa shape index (κ3) is 5.89. The van der Waals surface area contributed by atoms with E-state index in [1.165, 1.54) is 5.06 Å². The molecule has 4 bridgehead atoms. The first-order valence-corrected chi connectivity index (χ1v) is 13.3. The number of aromatic hydroxyl groups is 1. The van der Waals surface area contributed by atoms with Gasteiger partial charge in [0.1, 0.15) is 23.5 Å². The van der Waals surface area contributed by atoms with Crippen molar-refractivity contribution in [2.45, 2.75) is 50.2 Å². The zero-order valence-corrected chi connectivity index (χ0v) is 21.1. The Balaban J connectivity index is 1.58. The number of hydrogen-bond donors (Lipinski definition) is 4. The van der Waals surface area contributed by atoms with Gasteiger partial charge in [-0.3, -0.25) is 9.59 Å². The Kier molecular flexibility index (Phi) is 7.93. The number of fused-ring (bicyclic) bond motifs is 1. The van der Waals surface area contributed by atoms with Gasteiger partial charge >= 0.3 is 0 Å². The van der Waals surface area contributed by atoms with Gasteiger partial charge in [0.2, 0.25) is 11.8 Å². The first kappa shape index (κ1) is 25.5. The molecule has 2 aromatic carbocycles. The summed E-state index contributed by atoms with van der Waals surface area (Å²) in [7, 11) is 0. The van der Waals surface area contributed by atoms with Crippen LogP contribution in [0.5, 0.6) is 11.5 Å². The van der Waals surface area contributed by atoms with Gasteiger partial charge in [0.05, 0.1) is 0 Å². The summed E-state index contributed by atoms with van der Waals surface area (Å²) in [4.78, 5) is 28.9. The molecule has 0 aromatic heterocycles. The predicted octanol–water partition coefficient (Wildman–Crippen LogP) is 2.85. The van der Waals surface area contributed by atoms with Crippen LogP contribution in [0.3, 0.4) is 0 Å². The van der Waals surface area contributed by atoms with E-state index < -0.39 is 12.0 Å². The molecule has 4 N–H and O–H groups in total. The first-order chi connectivity index (χ1) is 18.0. The summed E-state index contributed by atoms with van der Waals surface area (Å²) in [6.45, 7) is 3.34. The zero-order chi connectivity index (χ0) is 25.8. The van der Waals surface area contributed by atoms with Crippen LogP contribution in [0.25, 0.3) is 0 Å². The molecule has 198 valence electrons. The molecule has 3 aliphatic heterocycles. The van der Waals surface area contributed by atoms with Crippen LogP contribution in [-0.2, 0) is 9.59 Å². The molecule has 0 saturated heterocycles. The highest BCUT2D eigenvalue weighted by Gasteiger charge is 2.43. The fraction of sp³-hybridized carbons (Fsp3) is 0.500. The number of nitrogens with one attached hydrogen (secondary N) is 2. The lowest BCUT2D eigenvalue weighted by Crippen LogP contribution is -2.39. The van der Waals surface area contributed by atoms with E-state index in [-0.39, 0.29) is 30.0 Å². The van der Waals surface area contributed by atoms with Crippen molar-refractivity contribution >= 4 is 11.8 Å². The van der Waals surface area contributed by atoms with Crippen molar-refractivity contribution < 1.29 is 24.6 Å². The zero-order valence-electron chi connectivity index (χ0n) is 21.1. The van der Waals surface area contributed by atoms with E-state index in [2.05, 4.69) is 10.6 Å². The summed E-state index contributed by atoms with van der Waals surface area (Å²) < 4.78 is 6.39. The molecular formula is C28H36N4O5. The standard InChI is InChI=1S/C28H36N4O5/c33-21-8-5-19(6-9-21)27-26-22-17-20(7-10-24(22)37-27)23-18-25(34)30-12-3-14-31(28(26)35)13-1-2-15-32(36)16-4-11-29-23/h5-10,17,23,26-27,29,33,36H,1-4,11-16,18H2,(H,30,34)/t23-,26-,27+/m0/s1. The van der Waals surface area contributed by atoms with Crippen LogP contribution in [0.2, 0.25) is 0 Å². The largest absolute Gasteiger partial charge is 0.508 e. The predicted molar refractivity (Wildman–Crippen MR) is 137 cm³/mol. The minimum Gasteiger partial charge on any atom is -0.508 e. The molecule has 3 heterocycles. The van der Waals surface area contributed by atoms with Crippen molar-refractivity contribution in [3.8, 4) is 11.5 Å². The Morgan fingerprint density at radius 2 is 1.57 bits per heavy atom. The van der Waals surface area contributed by atoms with E-state index in [4.69, 9.17) is 4.74 Å². The molecule has 9 nitrogen and oxygen atoms in total. The Labute approximate surface area is 217 Å². The number of phenols is 1. The van der Waals surface area contributed by atoms with Crippen molar-refractivity contribution in [3.63, 3.8) is 0 Å². The third-order valence-electron chi connectivity index (χ3n) is 7.52. The molecule has 0 fully saturated rings. The molecule has 0 unspecified atom stereocenters. The number of benzene rings is 2. The molecule has 5 rings (SSSR count). The molecule has 2 amide bonds. The van der Waals surface area contributed by atoms with E-state index in [9.17, 15) is 19.9 Å². The molecule has 3 aliphatic rings. The van der Waals surface area contributed by atoms with Crippen molar-refractivity contribution in [2.75, 3.05) is 39.3 Å². The number of rotatable bonds is 1. The fourth-order valence-electron chi connectivity index (χ4n) is 5.53. The minimum atomic E-state index is -0.535. The smallest absolute Gasteiger partial charge is 0.234 e. The average Bonchev–Trinajstić information content (AvgIpc) is 3.27. The van der Waals surface area contributed by atoms with Crippen molar-refractivity contribution in [1.82, 2.24) is 20.6 Å². The van der Waals surface area contributed by atoms with Crippen molar-refractivity contribution in [3.05, 3.63) is 59.2 Å². The number of hydrogen-bond acceptors (Lipinski definition) is 7.